The topological polar surface area (TPSA) is 38.4 Å². The summed E-state index contributed by atoms with van der Waals surface area (Å²) in [4.78, 5) is 4.52. The van der Waals surface area contributed by atoms with E-state index in [1.54, 1.807) is 0 Å². The van der Waals surface area contributed by atoms with E-state index < -0.39 is 0 Å². The van der Waals surface area contributed by atoms with Crippen molar-refractivity contribution in [2.45, 2.75) is 25.8 Å². The number of nitrogens with two attached hydrogens (primary N) is 1. The lowest BCUT2D eigenvalue weighted by Gasteiger charge is -2.18. The van der Waals surface area contributed by atoms with Crippen LogP contribution < -0.4 is 5.73 Å². The molecule has 0 saturated carbocycles. The van der Waals surface area contributed by atoms with Crippen molar-refractivity contribution in [1.82, 2.24) is 0 Å². The lowest BCUT2D eigenvalue weighted by Crippen LogP contribution is -2.24. The summed E-state index contributed by atoms with van der Waals surface area (Å²) in [7, 11) is 0. The summed E-state index contributed by atoms with van der Waals surface area (Å²) in [6.07, 6.45) is 0. The van der Waals surface area contributed by atoms with Crippen molar-refractivity contribution in [3.05, 3.63) is 71.8 Å². The summed E-state index contributed by atoms with van der Waals surface area (Å²) in [6, 6.07) is 20.8. The van der Waals surface area contributed by atoms with Crippen molar-refractivity contribution < 1.29 is 0 Å². The van der Waals surface area contributed by atoms with Gasteiger partial charge in [0.05, 0.1) is 5.92 Å². The van der Waals surface area contributed by atoms with Gasteiger partial charge in [-0.3, -0.25) is 4.99 Å². The molecule has 2 aromatic rings. The van der Waals surface area contributed by atoms with Gasteiger partial charge in [0, 0.05) is 6.04 Å². The van der Waals surface area contributed by atoms with Gasteiger partial charge in [-0.25, -0.2) is 0 Å². The molecule has 2 rings (SSSR count). The summed E-state index contributed by atoms with van der Waals surface area (Å²) in [6.45, 7) is 4.08. The Hall–Kier alpha value is -2.09. The third kappa shape index (κ3) is 3.44. The maximum Gasteiger partial charge on any atom is 0.106 e. The Labute approximate surface area is 115 Å². The Balaban J connectivity index is 2.46. The van der Waals surface area contributed by atoms with Gasteiger partial charge in [0.2, 0.25) is 0 Å². The van der Waals surface area contributed by atoms with Crippen molar-refractivity contribution in [3.63, 3.8) is 0 Å². The van der Waals surface area contributed by atoms with E-state index in [4.69, 9.17) is 5.73 Å². The second-order valence-corrected chi connectivity index (χ2v) is 4.90. The standard InChI is InChI=1S/C17H20N2/c1-13(2)19-17(18)16(14-9-5-3-6-10-14)15-11-7-4-8-12-15/h3-13,16H,1-2H3,(H2,18,19). The van der Waals surface area contributed by atoms with E-state index in [9.17, 15) is 0 Å². The summed E-state index contributed by atoms with van der Waals surface area (Å²) in [5, 5.41) is 0. The normalized spacial score (nSPS) is 12.1. The van der Waals surface area contributed by atoms with Crippen molar-refractivity contribution in [2.75, 3.05) is 0 Å². The quantitative estimate of drug-likeness (QED) is 0.655. The molecule has 0 saturated heterocycles. The molecular formula is C17H20N2. The van der Waals surface area contributed by atoms with Crippen LogP contribution in [0.1, 0.15) is 30.9 Å². The van der Waals surface area contributed by atoms with Gasteiger partial charge in [0.25, 0.3) is 0 Å². The fourth-order valence-corrected chi connectivity index (χ4v) is 2.20. The van der Waals surface area contributed by atoms with Gasteiger partial charge in [-0.2, -0.15) is 0 Å². The van der Waals surface area contributed by atoms with E-state index in [-0.39, 0.29) is 12.0 Å². The smallest absolute Gasteiger partial charge is 0.106 e. The maximum absolute atomic E-state index is 6.23. The van der Waals surface area contributed by atoms with E-state index in [0.29, 0.717) is 5.84 Å². The molecule has 0 fully saturated rings. The van der Waals surface area contributed by atoms with Gasteiger partial charge < -0.3 is 5.73 Å². The van der Waals surface area contributed by atoms with Crippen LogP contribution in [-0.4, -0.2) is 11.9 Å². The average Bonchev–Trinajstić information content (AvgIpc) is 2.40. The van der Waals surface area contributed by atoms with Crippen LogP contribution in [0.25, 0.3) is 0 Å². The van der Waals surface area contributed by atoms with Crippen LogP contribution in [0.3, 0.4) is 0 Å². The molecule has 0 atom stereocenters. The Bertz CT molecular complexity index is 490. The van der Waals surface area contributed by atoms with Crippen LogP contribution >= 0.6 is 0 Å². The summed E-state index contributed by atoms with van der Waals surface area (Å²) in [5.41, 5.74) is 8.59. The molecule has 98 valence electrons. The number of benzene rings is 2. The van der Waals surface area contributed by atoms with E-state index in [1.807, 2.05) is 50.2 Å². The van der Waals surface area contributed by atoms with E-state index in [1.165, 1.54) is 11.1 Å². The monoisotopic (exact) mass is 252 g/mol. The highest BCUT2D eigenvalue weighted by molar-refractivity contribution is 5.90. The van der Waals surface area contributed by atoms with Gasteiger partial charge in [-0.05, 0) is 25.0 Å². The fourth-order valence-electron chi connectivity index (χ4n) is 2.20. The summed E-state index contributed by atoms with van der Waals surface area (Å²) in [5.74, 6) is 0.706. The highest BCUT2D eigenvalue weighted by Gasteiger charge is 2.18. The molecular weight excluding hydrogens is 232 g/mol. The van der Waals surface area contributed by atoms with Gasteiger partial charge in [0.1, 0.15) is 5.84 Å². The second kappa shape index (κ2) is 6.19. The molecule has 0 spiro atoms. The Morgan fingerprint density at radius 1 is 0.842 bits per heavy atom. The number of nitrogens with zero attached hydrogens (tertiary/aromatic N) is 1. The molecule has 2 aromatic carbocycles. The van der Waals surface area contributed by atoms with Crippen LogP contribution in [0, 0.1) is 0 Å². The molecule has 0 aromatic heterocycles. The number of rotatable bonds is 4. The minimum Gasteiger partial charge on any atom is -0.387 e. The zero-order chi connectivity index (χ0) is 13.7. The molecule has 0 aliphatic carbocycles. The molecule has 2 nitrogen and oxygen atoms in total. The van der Waals surface area contributed by atoms with Crippen molar-refractivity contribution >= 4 is 5.84 Å². The summed E-state index contributed by atoms with van der Waals surface area (Å²) < 4.78 is 0. The van der Waals surface area contributed by atoms with Crippen LogP contribution in [0.4, 0.5) is 0 Å². The van der Waals surface area contributed by atoms with Gasteiger partial charge >= 0.3 is 0 Å². The summed E-state index contributed by atoms with van der Waals surface area (Å²) >= 11 is 0. The highest BCUT2D eigenvalue weighted by Crippen LogP contribution is 2.24. The van der Waals surface area contributed by atoms with Crippen molar-refractivity contribution in [2.24, 2.45) is 10.7 Å². The first kappa shape index (κ1) is 13.3. The van der Waals surface area contributed by atoms with Crippen LogP contribution in [0.5, 0.6) is 0 Å². The molecule has 2 heteroatoms. The van der Waals surface area contributed by atoms with Crippen molar-refractivity contribution in [1.29, 1.82) is 0 Å². The zero-order valence-corrected chi connectivity index (χ0v) is 11.5. The average molecular weight is 252 g/mol. The minimum atomic E-state index is 0.0322. The Morgan fingerprint density at radius 2 is 1.26 bits per heavy atom. The van der Waals surface area contributed by atoms with Crippen LogP contribution in [0.15, 0.2) is 65.7 Å². The third-order valence-corrected chi connectivity index (χ3v) is 2.97. The zero-order valence-electron chi connectivity index (χ0n) is 11.5. The van der Waals surface area contributed by atoms with Gasteiger partial charge in [-0.15, -0.1) is 0 Å². The molecule has 0 aliphatic heterocycles. The van der Waals surface area contributed by atoms with Crippen LogP contribution in [-0.2, 0) is 0 Å². The maximum atomic E-state index is 6.23. The lowest BCUT2D eigenvalue weighted by atomic mass is 9.90. The highest BCUT2D eigenvalue weighted by atomic mass is 14.9. The number of aliphatic imine (C=N–C) groups is 1. The number of amidine groups is 1. The molecule has 19 heavy (non-hydrogen) atoms. The lowest BCUT2D eigenvalue weighted by molar-refractivity contribution is 0.822. The molecule has 2 N–H and O–H groups in total. The predicted molar refractivity (Wildman–Crippen MR) is 81.5 cm³/mol. The molecule has 0 amide bonds. The number of hydrogen-bond donors (Lipinski definition) is 1. The van der Waals surface area contributed by atoms with Crippen molar-refractivity contribution in [3.8, 4) is 0 Å². The largest absolute Gasteiger partial charge is 0.387 e. The molecule has 0 heterocycles. The van der Waals surface area contributed by atoms with Crippen LogP contribution in [0.2, 0.25) is 0 Å². The Kier molecular flexibility index (Phi) is 4.35. The first-order valence-corrected chi connectivity index (χ1v) is 6.61. The first-order chi connectivity index (χ1) is 9.18. The van der Waals surface area contributed by atoms with Gasteiger partial charge in [0.15, 0.2) is 0 Å². The molecule has 0 aliphatic rings. The van der Waals surface area contributed by atoms with E-state index >= 15 is 0 Å². The molecule has 0 radical (unpaired) electrons. The minimum absolute atomic E-state index is 0.0322. The van der Waals surface area contributed by atoms with E-state index in [0.717, 1.165) is 0 Å². The third-order valence-electron chi connectivity index (χ3n) is 2.97. The number of hydrogen-bond acceptors (Lipinski definition) is 1. The molecule has 0 unspecified atom stereocenters. The Morgan fingerprint density at radius 3 is 1.63 bits per heavy atom. The van der Waals surface area contributed by atoms with E-state index in [2.05, 4.69) is 29.3 Å². The predicted octanol–water partition coefficient (Wildman–Crippen LogP) is 3.58. The van der Waals surface area contributed by atoms with Gasteiger partial charge in [-0.1, -0.05) is 60.7 Å². The second-order valence-electron chi connectivity index (χ2n) is 4.90. The fraction of sp³-hybridized carbons (Fsp3) is 0.235. The molecule has 0 bridgehead atoms. The first-order valence-electron chi connectivity index (χ1n) is 6.61. The SMILES string of the molecule is CC(C)N=C(N)C(c1ccccc1)c1ccccc1.